The summed E-state index contributed by atoms with van der Waals surface area (Å²) >= 11 is 0. The van der Waals surface area contributed by atoms with E-state index in [1.807, 2.05) is 41.0 Å². The lowest BCUT2D eigenvalue weighted by Gasteiger charge is -2.30. The molecule has 0 aliphatic carbocycles. The van der Waals surface area contributed by atoms with Gasteiger partial charge < -0.3 is 25.3 Å². The van der Waals surface area contributed by atoms with Crippen molar-refractivity contribution in [1.29, 1.82) is 0 Å². The molecule has 0 radical (unpaired) electrons. The molecule has 210 valence electrons. The van der Waals surface area contributed by atoms with Crippen molar-refractivity contribution in [3.05, 3.63) is 83.4 Å². The zero-order chi connectivity index (χ0) is 28.1. The Bertz CT molecular complexity index is 1650. The molecule has 0 spiro atoms. The molecule has 9 heteroatoms. The highest BCUT2D eigenvalue weighted by Gasteiger charge is 2.31. The molecule has 0 bridgehead atoms. The van der Waals surface area contributed by atoms with Gasteiger partial charge in [0.05, 0.1) is 23.3 Å². The van der Waals surface area contributed by atoms with Crippen molar-refractivity contribution >= 4 is 28.3 Å². The Hall–Kier alpha value is -4.08. The number of rotatable bonds is 6. The molecule has 1 aromatic heterocycles. The summed E-state index contributed by atoms with van der Waals surface area (Å²) in [5, 5.41) is 10.3. The summed E-state index contributed by atoms with van der Waals surface area (Å²) < 4.78 is 37.1. The number of fused-ring (bicyclic) bond motifs is 5. The Morgan fingerprint density at radius 2 is 1.66 bits per heavy atom. The highest BCUT2D eigenvalue weighted by Crippen LogP contribution is 2.45. The largest absolute Gasteiger partial charge is 0.465 e. The fraction of sp³-hybridized carbons (Fsp3) is 0.312. The van der Waals surface area contributed by atoms with Gasteiger partial charge in [-0.1, -0.05) is 6.07 Å². The van der Waals surface area contributed by atoms with Gasteiger partial charge in [-0.25, -0.2) is 8.78 Å². The molecular formula is C32H30F2N4O3. The van der Waals surface area contributed by atoms with Crippen molar-refractivity contribution in [1.82, 2.24) is 15.2 Å². The minimum Gasteiger partial charge on any atom is -0.465 e. The zero-order valence-corrected chi connectivity index (χ0v) is 22.4. The van der Waals surface area contributed by atoms with Gasteiger partial charge in [0, 0.05) is 40.8 Å². The molecule has 7 nitrogen and oxygen atoms in total. The summed E-state index contributed by atoms with van der Waals surface area (Å²) in [6.07, 6.45) is 3.09. The lowest BCUT2D eigenvalue weighted by atomic mass is 10.0. The quantitative estimate of drug-likeness (QED) is 0.309. The van der Waals surface area contributed by atoms with Crippen LogP contribution in [0.2, 0.25) is 0 Å². The summed E-state index contributed by atoms with van der Waals surface area (Å²) in [4.78, 5) is 25.5. The number of ketones is 1. The van der Waals surface area contributed by atoms with Gasteiger partial charge in [0.15, 0.2) is 5.78 Å². The van der Waals surface area contributed by atoms with Crippen molar-refractivity contribution in [3.63, 3.8) is 0 Å². The Balaban J connectivity index is 1.28. The first-order chi connectivity index (χ1) is 19.9. The van der Waals surface area contributed by atoms with E-state index >= 15 is 0 Å². The molecular weight excluding hydrogens is 526 g/mol. The van der Waals surface area contributed by atoms with E-state index in [2.05, 4.69) is 16.0 Å². The predicted molar refractivity (Wildman–Crippen MR) is 152 cm³/mol. The summed E-state index contributed by atoms with van der Waals surface area (Å²) in [7, 11) is 0. The third kappa shape index (κ3) is 4.89. The molecule has 0 saturated carbocycles. The van der Waals surface area contributed by atoms with Crippen LogP contribution in [-0.4, -0.2) is 41.4 Å². The van der Waals surface area contributed by atoms with Crippen LogP contribution in [0.5, 0.6) is 5.75 Å². The Morgan fingerprint density at radius 1 is 0.902 bits per heavy atom. The molecule has 4 aromatic rings. The van der Waals surface area contributed by atoms with Crippen LogP contribution in [0.25, 0.3) is 22.2 Å². The van der Waals surface area contributed by atoms with Crippen LogP contribution in [0.3, 0.4) is 0 Å². The van der Waals surface area contributed by atoms with Crippen LogP contribution < -0.4 is 20.7 Å². The van der Waals surface area contributed by atoms with E-state index in [-0.39, 0.29) is 23.8 Å². The zero-order valence-electron chi connectivity index (χ0n) is 22.4. The van der Waals surface area contributed by atoms with E-state index in [0.717, 1.165) is 72.6 Å². The third-order valence-corrected chi connectivity index (χ3v) is 8.28. The van der Waals surface area contributed by atoms with Crippen LogP contribution in [0, 0.1) is 11.6 Å². The van der Waals surface area contributed by atoms with Crippen LogP contribution in [0.1, 0.15) is 43.0 Å². The molecule has 3 aliphatic rings. The van der Waals surface area contributed by atoms with Gasteiger partial charge in [0.2, 0.25) is 12.1 Å². The molecule has 3 atom stereocenters. The van der Waals surface area contributed by atoms with Gasteiger partial charge in [-0.15, -0.1) is 0 Å². The fourth-order valence-corrected chi connectivity index (χ4v) is 6.29. The van der Waals surface area contributed by atoms with E-state index in [4.69, 9.17) is 4.74 Å². The number of halogens is 2. The van der Waals surface area contributed by atoms with E-state index in [1.54, 1.807) is 6.07 Å². The first kappa shape index (κ1) is 25.9. The summed E-state index contributed by atoms with van der Waals surface area (Å²) in [6.45, 7) is 1.68. The summed E-state index contributed by atoms with van der Waals surface area (Å²) in [5.41, 5.74) is 4.24. The molecule has 1 amide bonds. The number of carbonyl (C=O) groups is 2. The van der Waals surface area contributed by atoms with Crippen LogP contribution in [0.4, 0.5) is 14.5 Å². The number of amides is 1. The van der Waals surface area contributed by atoms with Crippen molar-refractivity contribution < 1.29 is 23.1 Å². The second-order valence-electron chi connectivity index (χ2n) is 11.1. The number of benzene rings is 3. The number of hydrogen-bond acceptors (Lipinski definition) is 5. The van der Waals surface area contributed by atoms with Crippen LogP contribution in [-0.2, 0) is 16.0 Å². The molecule has 2 saturated heterocycles. The number of carbonyl (C=O) groups excluding carboxylic acids is 2. The first-order valence-corrected chi connectivity index (χ1v) is 14.1. The number of Topliss-reactive ketones (excluding diaryl/α,β-unsaturated/α-hetero) is 1. The summed E-state index contributed by atoms with van der Waals surface area (Å²) in [6, 6.07) is 16.4. The van der Waals surface area contributed by atoms with E-state index in [9.17, 15) is 18.4 Å². The number of aromatic nitrogens is 1. The minimum absolute atomic E-state index is 0.0976. The van der Waals surface area contributed by atoms with Gasteiger partial charge in [0.1, 0.15) is 17.4 Å². The highest BCUT2D eigenvalue weighted by atomic mass is 19.1. The van der Waals surface area contributed by atoms with Crippen molar-refractivity contribution in [2.24, 2.45) is 0 Å². The van der Waals surface area contributed by atoms with Gasteiger partial charge in [-0.3, -0.25) is 9.59 Å². The molecule has 41 heavy (non-hydrogen) atoms. The maximum Gasteiger partial charge on any atom is 0.241 e. The Morgan fingerprint density at radius 3 is 2.39 bits per heavy atom. The van der Waals surface area contributed by atoms with Crippen molar-refractivity contribution in [2.45, 2.75) is 50.4 Å². The molecule has 1 unspecified atom stereocenters. The normalized spacial score (nSPS) is 21.4. The first-order valence-electron chi connectivity index (χ1n) is 14.1. The average molecular weight is 557 g/mol. The van der Waals surface area contributed by atoms with Gasteiger partial charge in [0.25, 0.3) is 0 Å². The topological polar surface area (TPSA) is 84.4 Å². The van der Waals surface area contributed by atoms with Gasteiger partial charge in [-0.2, -0.15) is 0 Å². The number of anilines is 1. The molecule has 3 aliphatic heterocycles. The maximum absolute atomic E-state index is 14.4. The number of hydrogen-bond donors (Lipinski definition) is 3. The molecule has 3 N–H and O–H groups in total. The van der Waals surface area contributed by atoms with E-state index < -0.39 is 17.9 Å². The van der Waals surface area contributed by atoms with Crippen molar-refractivity contribution in [3.8, 4) is 17.0 Å². The molecule has 4 heterocycles. The number of nitrogens with one attached hydrogen (secondary N) is 3. The Kier molecular flexibility index (Phi) is 6.55. The fourth-order valence-electron chi connectivity index (χ4n) is 6.29. The van der Waals surface area contributed by atoms with Crippen molar-refractivity contribution in [2.75, 3.05) is 18.4 Å². The van der Waals surface area contributed by atoms with Gasteiger partial charge in [-0.05, 0) is 86.8 Å². The molecule has 3 aromatic carbocycles. The number of ether oxygens (including phenoxy) is 1. The SMILES string of the molecule is O=C(Cc1ccc2c(c1)cc1n2C(c2cc(F)cc(F)c2)Oc2cc(NC(=O)[C@@H]3CCCN3)ccc2-1)[C@@H]1CCCN1. The monoisotopic (exact) mass is 556 g/mol. The third-order valence-electron chi connectivity index (χ3n) is 8.28. The minimum atomic E-state index is -0.849. The van der Waals surface area contributed by atoms with Crippen LogP contribution >= 0.6 is 0 Å². The van der Waals surface area contributed by atoms with E-state index in [1.165, 1.54) is 12.1 Å². The van der Waals surface area contributed by atoms with E-state index in [0.29, 0.717) is 23.4 Å². The molecule has 7 rings (SSSR count). The number of nitrogens with zero attached hydrogens (tertiary/aromatic N) is 1. The standard InChI is InChI=1S/C32H30F2N4O3/c33-21-13-20(14-22(34)16-21)32-38-27-8-5-18(12-29(39)25-3-1-9-35-25)11-19(27)15-28(38)24-7-6-23(17-30(24)41-32)37-31(40)26-4-2-10-36-26/h5-8,11,13-17,25-26,32,35-36H,1-4,9-10,12H2,(H,37,40)/t25-,26-,32?/m0/s1. The van der Waals surface area contributed by atoms with Gasteiger partial charge >= 0.3 is 0 Å². The summed E-state index contributed by atoms with van der Waals surface area (Å²) in [5.74, 6) is -0.825. The average Bonchev–Trinajstić information content (AvgIpc) is 3.73. The predicted octanol–water partition coefficient (Wildman–Crippen LogP) is 5.08. The second kappa shape index (κ2) is 10.4. The molecule has 2 fully saturated rings. The second-order valence-corrected chi connectivity index (χ2v) is 11.1. The lowest BCUT2D eigenvalue weighted by Crippen LogP contribution is -2.35. The maximum atomic E-state index is 14.4. The Labute approximate surface area is 235 Å². The lowest BCUT2D eigenvalue weighted by molar-refractivity contribution is -0.120. The van der Waals surface area contributed by atoms with Crippen LogP contribution in [0.15, 0.2) is 60.7 Å². The smallest absolute Gasteiger partial charge is 0.241 e. The highest BCUT2D eigenvalue weighted by molar-refractivity contribution is 5.96.